The molecule has 0 aliphatic rings. The molecule has 9 heteroatoms. The number of para-hydroxylation sites is 2. The predicted octanol–water partition coefficient (Wildman–Crippen LogP) is 4.97. The monoisotopic (exact) mass is 464 g/mol. The minimum absolute atomic E-state index is 0.0711. The summed E-state index contributed by atoms with van der Waals surface area (Å²) >= 11 is 0. The number of hydrogen-bond acceptors (Lipinski definition) is 7. The first kappa shape index (κ1) is 22.3. The Morgan fingerprint density at radius 2 is 1.42 bits per heavy atom. The molecule has 0 unspecified atom stereocenters. The zero-order valence-corrected chi connectivity index (χ0v) is 19.1. The van der Waals surface area contributed by atoms with Gasteiger partial charge in [-0.15, -0.1) is 0 Å². The van der Waals surface area contributed by atoms with Crippen LogP contribution in [0.15, 0.2) is 77.7 Å². The van der Waals surface area contributed by atoms with Crippen LogP contribution in [0.25, 0.3) is 11.0 Å². The fraction of sp³-hybridized carbons (Fsp3) is 0.167. The molecule has 0 amide bonds. The zero-order chi connectivity index (χ0) is 23.3. The number of fused-ring (bicyclic) bond motifs is 1. The third-order valence-corrected chi connectivity index (χ3v) is 6.02. The van der Waals surface area contributed by atoms with E-state index in [4.69, 9.17) is 9.47 Å². The van der Waals surface area contributed by atoms with Crippen molar-refractivity contribution >= 4 is 38.4 Å². The van der Waals surface area contributed by atoms with Crippen molar-refractivity contribution in [1.29, 1.82) is 0 Å². The van der Waals surface area contributed by atoms with E-state index < -0.39 is 10.0 Å². The summed E-state index contributed by atoms with van der Waals surface area (Å²) in [7, 11) is -3.88. The maximum atomic E-state index is 13.0. The normalized spacial score (nSPS) is 11.2. The molecule has 0 aliphatic heterocycles. The van der Waals surface area contributed by atoms with Gasteiger partial charge in [0.15, 0.2) is 11.6 Å². The van der Waals surface area contributed by atoms with Gasteiger partial charge < -0.3 is 14.8 Å². The fourth-order valence-electron chi connectivity index (χ4n) is 3.22. The van der Waals surface area contributed by atoms with Crippen LogP contribution in [0, 0.1) is 0 Å². The molecule has 2 N–H and O–H groups in total. The maximum absolute atomic E-state index is 13.0. The molecule has 0 atom stereocenters. The van der Waals surface area contributed by atoms with Crippen LogP contribution >= 0.6 is 0 Å². The largest absolute Gasteiger partial charge is 0.494 e. The number of rotatable bonds is 9. The maximum Gasteiger partial charge on any atom is 0.263 e. The Morgan fingerprint density at radius 3 is 2.09 bits per heavy atom. The van der Waals surface area contributed by atoms with Crippen molar-refractivity contribution in [3.8, 4) is 11.5 Å². The zero-order valence-electron chi connectivity index (χ0n) is 18.3. The molecule has 1 aromatic heterocycles. The Balaban J connectivity index is 1.80. The van der Waals surface area contributed by atoms with E-state index in [-0.39, 0.29) is 16.5 Å². The van der Waals surface area contributed by atoms with E-state index in [2.05, 4.69) is 20.0 Å². The molecule has 0 saturated carbocycles. The molecule has 4 aromatic rings. The van der Waals surface area contributed by atoms with Gasteiger partial charge in [-0.3, -0.25) is 4.72 Å². The summed E-state index contributed by atoms with van der Waals surface area (Å²) in [5.74, 6) is 1.53. The number of nitrogens with zero attached hydrogens (tertiary/aromatic N) is 2. The van der Waals surface area contributed by atoms with Gasteiger partial charge in [0.2, 0.25) is 0 Å². The molecule has 170 valence electrons. The standard InChI is InChI=1S/C24H24N4O4S/c1-3-31-17-14-15-22(32-4-2)21(16-17)27-23-24(26-20-13-9-8-12-19(20)25-23)28-33(29,30)18-10-6-5-7-11-18/h5-16H,3-4H2,1-2H3,(H,25,27)(H,26,28). The second-order valence-electron chi connectivity index (χ2n) is 6.98. The van der Waals surface area contributed by atoms with Crippen molar-refractivity contribution < 1.29 is 17.9 Å². The van der Waals surface area contributed by atoms with E-state index in [0.717, 1.165) is 0 Å². The third-order valence-electron chi connectivity index (χ3n) is 4.67. The minimum atomic E-state index is -3.88. The fourth-order valence-corrected chi connectivity index (χ4v) is 4.25. The SMILES string of the molecule is CCOc1ccc(OCC)c(Nc2nc3ccccc3nc2NS(=O)(=O)c2ccccc2)c1. The number of ether oxygens (including phenoxy) is 2. The van der Waals surface area contributed by atoms with Crippen molar-refractivity contribution in [3.63, 3.8) is 0 Å². The van der Waals surface area contributed by atoms with Crippen molar-refractivity contribution in [3.05, 3.63) is 72.8 Å². The Morgan fingerprint density at radius 1 is 0.788 bits per heavy atom. The summed E-state index contributed by atoms with van der Waals surface area (Å²) in [6.07, 6.45) is 0. The third kappa shape index (κ3) is 5.15. The van der Waals surface area contributed by atoms with Crippen LogP contribution in [0.3, 0.4) is 0 Å². The van der Waals surface area contributed by atoms with Gasteiger partial charge in [-0.05, 0) is 50.2 Å². The summed E-state index contributed by atoms with van der Waals surface area (Å²) in [4.78, 5) is 9.28. The molecule has 0 aliphatic carbocycles. The van der Waals surface area contributed by atoms with Crippen LogP contribution in [0.2, 0.25) is 0 Å². The lowest BCUT2D eigenvalue weighted by Gasteiger charge is -2.17. The second kappa shape index (κ2) is 9.74. The molecular formula is C24H24N4O4S. The first-order chi connectivity index (χ1) is 16.0. The number of anilines is 3. The minimum Gasteiger partial charge on any atom is -0.494 e. The van der Waals surface area contributed by atoms with E-state index in [0.29, 0.717) is 41.4 Å². The second-order valence-corrected chi connectivity index (χ2v) is 8.66. The summed E-state index contributed by atoms with van der Waals surface area (Å²) < 4.78 is 39.9. The lowest BCUT2D eigenvalue weighted by Crippen LogP contribution is -2.16. The molecule has 3 aromatic carbocycles. The van der Waals surface area contributed by atoms with E-state index >= 15 is 0 Å². The van der Waals surface area contributed by atoms with E-state index in [1.54, 1.807) is 36.4 Å². The van der Waals surface area contributed by atoms with Crippen LogP contribution in [-0.2, 0) is 10.0 Å². The molecular weight excluding hydrogens is 440 g/mol. The summed E-state index contributed by atoms with van der Waals surface area (Å²) in [6, 6.07) is 20.7. The van der Waals surface area contributed by atoms with Gasteiger partial charge in [-0.2, -0.15) is 0 Å². The number of benzene rings is 3. The van der Waals surface area contributed by atoms with E-state index in [1.807, 2.05) is 38.1 Å². The molecule has 0 fully saturated rings. The van der Waals surface area contributed by atoms with Crippen molar-refractivity contribution in [2.24, 2.45) is 0 Å². The van der Waals surface area contributed by atoms with Gasteiger partial charge in [0.25, 0.3) is 10.0 Å². The first-order valence-corrected chi connectivity index (χ1v) is 12.0. The molecule has 1 heterocycles. The highest BCUT2D eigenvalue weighted by atomic mass is 32.2. The highest BCUT2D eigenvalue weighted by Crippen LogP contribution is 2.34. The van der Waals surface area contributed by atoms with Crippen molar-refractivity contribution in [2.45, 2.75) is 18.7 Å². The average molecular weight is 465 g/mol. The molecule has 8 nitrogen and oxygen atoms in total. The van der Waals surface area contributed by atoms with Gasteiger partial charge in [0.1, 0.15) is 11.5 Å². The smallest absolute Gasteiger partial charge is 0.263 e. The molecule has 0 saturated heterocycles. The summed E-state index contributed by atoms with van der Waals surface area (Å²) in [5.41, 5.74) is 1.75. The average Bonchev–Trinajstić information content (AvgIpc) is 2.82. The molecule has 0 bridgehead atoms. The Labute approximate surface area is 192 Å². The highest BCUT2D eigenvalue weighted by molar-refractivity contribution is 7.92. The van der Waals surface area contributed by atoms with Crippen LogP contribution in [0.4, 0.5) is 17.3 Å². The van der Waals surface area contributed by atoms with Gasteiger partial charge in [-0.25, -0.2) is 18.4 Å². The summed E-state index contributed by atoms with van der Waals surface area (Å²) in [5, 5.41) is 3.19. The van der Waals surface area contributed by atoms with Crippen LogP contribution < -0.4 is 19.5 Å². The molecule has 4 rings (SSSR count). The summed E-state index contributed by atoms with van der Waals surface area (Å²) in [6.45, 7) is 4.75. The quantitative estimate of drug-likeness (QED) is 0.360. The number of aromatic nitrogens is 2. The Kier molecular flexibility index (Phi) is 6.60. The highest BCUT2D eigenvalue weighted by Gasteiger charge is 2.20. The lowest BCUT2D eigenvalue weighted by molar-refractivity contribution is 0.332. The van der Waals surface area contributed by atoms with E-state index in [9.17, 15) is 8.42 Å². The predicted molar refractivity (Wildman–Crippen MR) is 129 cm³/mol. The molecule has 33 heavy (non-hydrogen) atoms. The van der Waals surface area contributed by atoms with Crippen LogP contribution in [0.5, 0.6) is 11.5 Å². The van der Waals surface area contributed by atoms with Crippen LogP contribution in [0.1, 0.15) is 13.8 Å². The van der Waals surface area contributed by atoms with Crippen molar-refractivity contribution in [2.75, 3.05) is 23.3 Å². The van der Waals surface area contributed by atoms with Gasteiger partial charge in [0.05, 0.1) is 34.8 Å². The van der Waals surface area contributed by atoms with E-state index in [1.165, 1.54) is 12.1 Å². The first-order valence-electron chi connectivity index (χ1n) is 10.5. The number of nitrogens with one attached hydrogen (secondary N) is 2. The number of hydrogen-bond donors (Lipinski definition) is 2. The van der Waals surface area contributed by atoms with Gasteiger partial charge >= 0.3 is 0 Å². The number of sulfonamides is 1. The Bertz CT molecular complexity index is 1360. The van der Waals surface area contributed by atoms with Gasteiger partial charge in [0, 0.05) is 6.07 Å². The lowest BCUT2D eigenvalue weighted by atomic mass is 10.2. The molecule has 0 radical (unpaired) electrons. The topological polar surface area (TPSA) is 102 Å². The van der Waals surface area contributed by atoms with Crippen LogP contribution in [-0.4, -0.2) is 31.6 Å². The Hall–Kier alpha value is -3.85. The van der Waals surface area contributed by atoms with Crippen molar-refractivity contribution in [1.82, 2.24) is 9.97 Å². The molecule has 0 spiro atoms. The van der Waals surface area contributed by atoms with Gasteiger partial charge in [-0.1, -0.05) is 30.3 Å².